The molecule has 27 heavy (non-hydrogen) atoms. The van der Waals surface area contributed by atoms with Crippen molar-refractivity contribution < 1.29 is 14.1 Å². The monoisotopic (exact) mass is 393 g/mol. The van der Waals surface area contributed by atoms with Gasteiger partial charge in [-0.2, -0.15) is 0 Å². The number of rotatable bonds is 5. The summed E-state index contributed by atoms with van der Waals surface area (Å²) in [5.41, 5.74) is -0.00445. The van der Waals surface area contributed by atoms with Gasteiger partial charge >= 0.3 is 0 Å². The third-order valence-corrected chi connectivity index (χ3v) is 4.48. The number of aromatic nitrogens is 1. The van der Waals surface area contributed by atoms with Crippen LogP contribution in [0, 0.1) is 15.9 Å². The van der Waals surface area contributed by atoms with Crippen LogP contribution in [0.15, 0.2) is 36.5 Å². The SMILES string of the molecule is O=C(CN1CCN(c2ncc([N+](=O)[O-])cc2Cl)CC1)Nc1ccccc1F. The Morgan fingerprint density at radius 3 is 2.63 bits per heavy atom. The van der Waals surface area contributed by atoms with Gasteiger partial charge in [0.2, 0.25) is 5.91 Å². The van der Waals surface area contributed by atoms with Crippen LogP contribution in [0.4, 0.5) is 21.6 Å². The predicted molar refractivity (Wildman–Crippen MR) is 99.6 cm³/mol. The highest BCUT2D eigenvalue weighted by molar-refractivity contribution is 6.33. The number of hydrogen-bond acceptors (Lipinski definition) is 6. The molecule has 3 rings (SSSR count). The number of hydrogen-bond donors (Lipinski definition) is 1. The number of nitro groups is 1. The van der Waals surface area contributed by atoms with Crippen molar-refractivity contribution in [3.63, 3.8) is 0 Å². The number of carbonyl (C=O) groups excluding carboxylic acids is 1. The number of carbonyl (C=O) groups is 1. The largest absolute Gasteiger partial charge is 0.353 e. The second-order valence-electron chi connectivity index (χ2n) is 6.05. The van der Waals surface area contributed by atoms with Gasteiger partial charge in [-0.05, 0) is 12.1 Å². The lowest BCUT2D eigenvalue weighted by atomic mass is 10.2. The Bertz CT molecular complexity index is 858. The second-order valence-corrected chi connectivity index (χ2v) is 6.45. The molecule has 8 nitrogen and oxygen atoms in total. The van der Waals surface area contributed by atoms with E-state index < -0.39 is 10.7 Å². The molecule has 0 radical (unpaired) electrons. The fraction of sp³-hybridized carbons (Fsp3) is 0.294. The molecule has 1 saturated heterocycles. The van der Waals surface area contributed by atoms with E-state index in [1.54, 1.807) is 12.1 Å². The van der Waals surface area contributed by atoms with Crippen molar-refractivity contribution in [1.29, 1.82) is 0 Å². The Hall–Kier alpha value is -2.78. The highest BCUT2D eigenvalue weighted by Crippen LogP contribution is 2.27. The van der Waals surface area contributed by atoms with E-state index in [4.69, 9.17) is 11.6 Å². The van der Waals surface area contributed by atoms with Gasteiger partial charge in [0.05, 0.1) is 22.2 Å². The summed E-state index contributed by atoms with van der Waals surface area (Å²) in [6.07, 6.45) is 1.18. The number of pyridine rings is 1. The normalized spacial score (nSPS) is 14.8. The maximum atomic E-state index is 13.6. The van der Waals surface area contributed by atoms with E-state index >= 15 is 0 Å². The molecule has 10 heteroatoms. The average molecular weight is 394 g/mol. The standard InChI is InChI=1S/C17H17ClFN5O3/c18-13-9-12(24(26)27)10-20-17(13)23-7-5-22(6-8-23)11-16(25)21-15-4-2-1-3-14(15)19/h1-4,9-10H,5-8,11H2,(H,21,25). The van der Waals surface area contributed by atoms with Crippen molar-refractivity contribution in [1.82, 2.24) is 9.88 Å². The Kier molecular flexibility index (Phi) is 5.82. The summed E-state index contributed by atoms with van der Waals surface area (Å²) in [5.74, 6) is -0.285. The lowest BCUT2D eigenvalue weighted by Crippen LogP contribution is -2.49. The molecule has 0 unspecified atom stereocenters. The van der Waals surface area contributed by atoms with Gasteiger partial charge in [-0.15, -0.1) is 0 Å². The number of piperazine rings is 1. The second kappa shape index (κ2) is 8.28. The van der Waals surface area contributed by atoms with Crippen molar-refractivity contribution in [3.8, 4) is 0 Å². The van der Waals surface area contributed by atoms with Crippen LogP contribution in [0.5, 0.6) is 0 Å². The Balaban J connectivity index is 1.54. The molecule has 0 bridgehead atoms. The number of halogens is 2. The summed E-state index contributed by atoms with van der Waals surface area (Å²) in [4.78, 5) is 30.3. The third kappa shape index (κ3) is 4.69. The first-order chi connectivity index (χ1) is 12.9. The van der Waals surface area contributed by atoms with Crippen molar-refractivity contribution in [2.24, 2.45) is 0 Å². The Labute approximate surface area is 159 Å². The number of para-hydroxylation sites is 1. The highest BCUT2D eigenvalue weighted by atomic mass is 35.5. The molecule has 1 aliphatic rings. The van der Waals surface area contributed by atoms with Crippen LogP contribution in [0.25, 0.3) is 0 Å². The first kappa shape index (κ1) is 19.0. The van der Waals surface area contributed by atoms with E-state index in [9.17, 15) is 19.3 Å². The molecule has 1 aromatic heterocycles. The fourth-order valence-electron chi connectivity index (χ4n) is 2.83. The van der Waals surface area contributed by atoms with E-state index in [0.717, 1.165) is 0 Å². The maximum Gasteiger partial charge on any atom is 0.289 e. The molecule has 0 aliphatic carbocycles. The maximum absolute atomic E-state index is 13.6. The molecule has 142 valence electrons. The van der Waals surface area contributed by atoms with E-state index in [-0.39, 0.29) is 28.8 Å². The zero-order valence-electron chi connectivity index (χ0n) is 14.3. The van der Waals surface area contributed by atoms with Crippen LogP contribution in [0.3, 0.4) is 0 Å². The van der Waals surface area contributed by atoms with Gasteiger partial charge in [0.25, 0.3) is 5.69 Å². The van der Waals surface area contributed by atoms with Crippen LogP contribution in [-0.4, -0.2) is 53.4 Å². The zero-order valence-corrected chi connectivity index (χ0v) is 15.0. The molecule has 1 N–H and O–H groups in total. The summed E-state index contributed by atoms with van der Waals surface area (Å²) in [6, 6.07) is 7.28. The van der Waals surface area contributed by atoms with E-state index in [1.165, 1.54) is 24.4 Å². The first-order valence-electron chi connectivity index (χ1n) is 8.25. The van der Waals surface area contributed by atoms with Gasteiger partial charge < -0.3 is 10.2 Å². The van der Waals surface area contributed by atoms with Gasteiger partial charge in [-0.3, -0.25) is 19.8 Å². The smallest absolute Gasteiger partial charge is 0.289 e. The molecule has 1 amide bonds. The lowest BCUT2D eigenvalue weighted by Gasteiger charge is -2.35. The number of nitrogens with zero attached hydrogens (tertiary/aromatic N) is 4. The molecule has 2 aromatic rings. The van der Waals surface area contributed by atoms with Crippen LogP contribution in [0.1, 0.15) is 0 Å². The van der Waals surface area contributed by atoms with E-state index in [1.807, 2.05) is 9.80 Å². The summed E-state index contributed by atoms with van der Waals surface area (Å²) < 4.78 is 13.6. The quantitative estimate of drug-likeness (QED) is 0.620. The minimum atomic E-state index is -0.547. The van der Waals surface area contributed by atoms with Gasteiger partial charge in [-0.25, -0.2) is 9.37 Å². The highest BCUT2D eigenvalue weighted by Gasteiger charge is 2.23. The van der Waals surface area contributed by atoms with Gasteiger partial charge in [-0.1, -0.05) is 23.7 Å². The van der Waals surface area contributed by atoms with Gasteiger partial charge in [0, 0.05) is 32.2 Å². The van der Waals surface area contributed by atoms with Crippen molar-refractivity contribution in [3.05, 3.63) is 57.5 Å². The predicted octanol–water partition coefficient (Wildman–Crippen LogP) is 2.54. The van der Waals surface area contributed by atoms with Crippen molar-refractivity contribution in [2.45, 2.75) is 0 Å². The van der Waals surface area contributed by atoms with Gasteiger partial charge in [0.1, 0.15) is 17.8 Å². The van der Waals surface area contributed by atoms with Crippen LogP contribution < -0.4 is 10.2 Å². The van der Waals surface area contributed by atoms with Crippen LogP contribution >= 0.6 is 11.6 Å². The minimum Gasteiger partial charge on any atom is -0.353 e. The van der Waals surface area contributed by atoms with Crippen molar-refractivity contribution in [2.75, 3.05) is 42.9 Å². The molecule has 2 heterocycles. The fourth-order valence-corrected chi connectivity index (χ4v) is 3.11. The summed E-state index contributed by atoms with van der Waals surface area (Å²) >= 11 is 6.11. The first-order valence-corrected chi connectivity index (χ1v) is 8.63. The van der Waals surface area contributed by atoms with Crippen molar-refractivity contribution >= 4 is 34.7 Å². The molecular formula is C17H17ClFN5O3. The summed E-state index contributed by atoms with van der Waals surface area (Å²) in [5, 5.41) is 13.5. The topological polar surface area (TPSA) is 91.6 Å². The lowest BCUT2D eigenvalue weighted by molar-refractivity contribution is -0.385. The molecule has 0 spiro atoms. The summed E-state index contributed by atoms with van der Waals surface area (Å²) in [7, 11) is 0. The zero-order chi connectivity index (χ0) is 19.4. The van der Waals surface area contributed by atoms with Gasteiger partial charge in [0.15, 0.2) is 0 Å². The number of nitrogens with one attached hydrogen (secondary N) is 1. The number of anilines is 2. The Morgan fingerprint density at radius 1 is 1.30 bits per heavy atom. The molecule has 1 fully saturated rings. The van der Waals surface area contributed by atoms with Crippen LogP contribution in [-0.2, 0) is 4.79 Å². The minimum absolute atomic E-state index is 0.142. The van der Waals surface area contributed by atoms with Crippen LogP contribution in [0.2, 0.25) is 5.02 Å². The summed E-state index contributed by atoms with van der Waals surface area (Å²) in [6.45, 7) is 2.44. The number of benzene rings is 1. The molecular weight excluding hydrogens is 377 g/mol. The molecule has 0 atom stereocenters. The van der Waals surface area contributed by atoms with E-state index in [2.05, 4.69) is 10.3 Å². The Morgan fingerprint density at radius 2 is 2.00 bits per heavy atom. The third-order valence-electron chi connectivity index (χ3n) is 4.21. The molecule has 1 aromatic carbocycles. The average Bonchev–Trinajstić information content (AvgIpc) is 2.64. The number of amides is 1. The van der Waals surface area contributed by atoms with E-state index in [0.29, 0.717) is 32.0 Å². The molecule has 0 saturated carbocycles. The molecule has 1 aliphatic heterocycles.